The van der Waals surface area contributed by atoms with Crippen LogP contribution in [0.25, 0.3) is 0 Å². The van der Waals surface area contributed by atoms with Gasteiger partial charge in [-0.05, 0) is 43.0 Å². The Labute approximate surface area is 139 Å². The van der Waals surface area contributed by atoms with Crippen molar-refractivity contribution in [2.45, 2.75) is 31.1 Å². The summed E-state index contributed by atoms with van der Waals surface area (Å²) in [5, 5.41) is 11.8. The average molecular weight is 331 g/mol. The standard InChI is InChI=1S/C19H19F2NO2/c20-14-4-7-16(17(21)12-14)19(9-1-10-19)18(24)22-15-5-2-13(3-6-15)8-11-23/h2-7,12,23H,1,8-11H2,(H,22,24). The second-order valence-electron chi connectivity index (χ2n) is 6.18. The fraction of sp³-hybridized carbons (Fsp3) is 0.316. The van der Waals surface area contributed by atoms with Gasteiger partial charge < -0.3 is 10.4 Å². The van der Waals surface area contributed by atoms with Crippen LogP contribution in [0, 0.1) is 11.6 Å². The number of aliphatic hydroxyl groups excluding tert-OH is 1. The van der Waals surface area contributed by atoms with E-state index in [2.05, 4.69) is 5.32 Å². The third-order valence-corrected chi connectivity index (χ3v) is 4.70. The maximum atomic E-state index is 14.2. The Balaban J connectivity index is 1.81. The van der Waals surface area contributed by atoms with Crippen molar-refractivity contribution in [3.05, 3.63) is 65.2 Å². The van der Waals surface area contributed by atoms with Crippen LogP contribution in [0.1, 0.15) is 30.4 Å². The van der Waals surface area contributed by atoms with Gasteiger partial charge in [-0.15, -0.1) is 0 Å². The summed E-state index contributed by atoms with van der Waals surface area (Å²) >= 11 is 0. The van der Waals surface area contributed by atoms with Gasteiger partial charge in [0, 0.05) is 23.9 Å². The summed E-state index contributed by atoms with van der Waals surface area (Å²) in [7, 11) is 0. The lowest BCUT2D eigenvalue weighted by atomic mass is 9.63. The molecule has 5 heteroatoms. The number of halogens is 2. The Hall–Kier alpha value is -2.27. The van der Waals surface area contributed by atoms with Crippen molar-refractivity contribution in [3.8, 4) is 0 Å². The lowest BCUT2D eigenvalue weighted by Gasteiger charge is -2.40. The number of nitrogens with one attached hydrogen (secondary N) is 1. The molecule has 2 aromatic rings. The second-order valence-corrected chi connectivity index (χ2v) is 6.18. The summed E-state index contributed by atoms with van der Waals surface area (Å²) in [4.78, 5) is 12.8. The van der Waals surface area contributed by atoms with Gasteiger partial charge in [0.1, 0.15) is 11.6 Å². The van der Waals surface area contributed by atoms with E-state index in [0.29, 0.717) is 24.9 Å². The molecule has 126 valence electrons. The van der Waals surface area contributed by atoms with Crippen LogP contribution in [-0.2, 0) is 16.6 Å². The maximum Gasteiger partial charge on any atom is 0.235 e. The van der Waals surface area contributed by atoms with Crippen LogP contribution in [0.3, 0.4) is 0 Å². The molecule has 0 unspecified atom stereocenters. The lowest BCUT2D eigenvalue weighted by Crippen LogP contribution is -2.46. The van der Waals surface area contributed by atoms with Crippen molar-refractivity contribution in [2.75, 3.05) is 11.9 Å². The predicted molar refractivity (Wildman–Crippen MR) is 87.7 cm³/mol. The number of amides is 1. The van der Waals surface area contributed by atoms with E-state index in [9.17, 15) is 13.6 Å². The molecule has 3 rings (SSSR count). The first-order valence-corrected chi connectivity index (χ1v) is 8.02. The molecule has 24 heavy (non-hydrogen) atoms. The minimum absolute atomic E-state index is 0.0681. The van der Waals surface area contributed by atoms with Gasteiger partial charge in [-0.25, -0.2) is 8.78 Å². The number of anilines is 1. The van der Waals surface area contributed by atoms with Crippen LogP contribution < -0.4 is 5.32 Å². The summed E-state index contributed by atoms with van der Waals surface area (Å²) in [6.07, 6.45) is 2.48. The number of carbonyl (C=O) groups is 1. The molecule has 0 aliphatic heterocycles. The number of rotatable bonds is 5. The second kappa shape index (κ2) is 6.69. The van der Waals surface area contributed by atoms with E-state index in [4.69, 9.17) is 5.11 Å². The highest BCUT2D eigenvalue weighted by Gasteiger charge is 2.47. The van der Waals surface area contributed by atoms with Crippen LogP contribution in [0.4, 0.5) is 14.5 Å². The Morgan fingerprint density at radius 3 is 2.38 bits per heavy atom. The molecular formula is C19H19F2NO2. The van der Waals surface area contributed by atoms with Gasteiger partial charge in [0.2, 0.25) is 5.91 Å². The van der Waals surface area contributed by atoms with Crippen molar-refractivity contribution >= 4 is 11.6 Å². The Kier molecular flexibility index (Phi) is 4.62. The van der Waals surface area contributed by atoms with E-state index in [1.54, 1.807) is 12.1 Å². The van der Waals surface area contributed by atoms with Crippen LogP contribution >= 0.6 is 0 Å². The van der Waals surface area contributed by atoms with Crippen LogP contribution in [-0.4, -0.2) is 17.6 Å². The van der Waals surface area contributed by atoms with Crippen LogP contribution in [0.15, 0.2) is 42.5 Å². The molecule has 0 radical (unpaired) electrons. The lowest BCUT2D eigenvalue weighted by molar-refractivity contribution is -0.124. The Morgan fingerprint density at radius 2 is 1.83 bits per heavy atom. The zero-order chi connectivity index (χ0) is 17.2. The quantitative estimate of drug-likeness (QED) is 0.880. The number of carbonyl (C=O) groups excluding carboxylic acids is 1. The van der Waals surface area contributed by atoms with Gasteiger partial charge in [0.15, 0.2) is 0 Å². The summed E-state index contributed by atoms with van der Waals surface area (Å²) < 4.78 is 27.3. The molecule has 0 aromatic heterocycles. The van der Waals surface area contributed by atoms with Gasteiger partial charge >= 0.3 is 0 Å². The molecule has 1 aliphatic carbocycles. The van der Waals surface area contributed by atoms with Crippen molar-refractivity contribution in [1.82, 2.24) is 0 Å². The maximum absolute atomic E-state index is 14.2. The molecule has 3 nitrogen and oxygen atoms in total. The molecule has 2 aromatic carbocycles. The Bertz CT molecular complexity index is 740. The van der Waals surface area contributed by atoms with Crippen molar-refractivity contribution in [3.63, 3.8) is 0 Å². The third-order valence-electron chi connectivity index (χ3n) is 4.70. The first-order chi connectivity index (χ1) is 11.5. The summed E-state index contributed by atoms with van der Waals surface area (Å²) in [5.74, 6) is -1.59. The summed E-state index contributed by atoms with van der Waals surface area (Å²) in [6.45, 7) is 0.0681. The highest BCUT2D eigenvalue weighted by Crippen LogP contribution is 2.45. The number of aliphatic hydroxyl groups is 1. The van der Waals surface area contributed by atoms with Gasteiger partial charge in [-0.2, -0.15) is 0 Å². The smallest absolute Gasteiger partial charge is 0.235 e. The largest absolute Gasteiger partial charge is 0.396 e. The molecule has 0 saturated heterocycles. The fourth-order valence-electron chi connectivity index (χ4n) is 3.16. The summed E-state index contributed by atoms with van der Waals surface area (Å²) in [6, 6.07) is 10.6. The molecule has 0 atom stereocenters. The average Bonchev–Trinajstić information content (AvgIpc) is 2.50. The van der Waals surface area contributed by atoms with E-state index < -0.39 is 17.0 Å². The number of benzene rings is 2. The molecule has 1 amide bonds. The molecular weight excluding hydrogens is 312 g/mol. The van der Waals surface area contributed by atoms with E-state index in [-0.39, 0.29) is 18.1 Å². The van der Waals surface area contributed by atoms with Crippen molar-refractivity contribution in [2.24, 2.45) is 0 Å². The molecule has 0 spiro atoms. The monoisotopic (exact) mass is 331 g/mol. The van der Waals surface area contributed by atoms with E-state index in [0.717, 1.165) is 18.1 Å². The van der Waals surface area contributed by atoms with Gasteiger partial charge in [-0.1, -0.05) is 24.6 Å². The Morgan fingerprint density at radius 1 is 1.12 bits per heavy atom. The van der Waals surface area contributed by atoms with E-state index >= 15 is 0 Å². The topological polar surface area (TPSA) is 49.3 Å². The third kappa shape index (κ3) is 3.04. The van der Waals surface area contributed by atoms with E-state index in [1.807, 2.05) is 12.1 Å². The first kappa shape index (κ1) is 16.6. The molecule has 2 N–H and O–H groups in total. The van der Waals surface area contributed by atoms with Gasteiger partial charge in [-0.3, -0.25) is 4.79 Å². The first-order valence-electron chi connectivity index (χ1n) is 8.02. The molecule has 1 saturated carbocycles. The molecule has 1 aliphatic rings. The highest BCUT2D eigenvalue weighted by atomic mass is 19.1. The summed E-state index contributed by atoms with van der Waals surface area (Å²) in [5.41, 5.74) is 0.917. The van der Waals surface area contributed by atoms with Crippen molar-refractivity contribution in [1.29, 1.82) is 0 Å². The van der Waals surface area contributed by atoms with Crippen LogP contribution in [0.2, 0.25) is 0 Å². The predicted octanol–water partition coefficient (Wildman–Crippen LogP) is 3.56. The SMILES string of the molecule is O=C(Nc1ccc(CCO)cc1)C1(c2ccc(F)cc2F)CCC1. The van der Waals surface area contributed by atoms with Crippen LogP contribution in [0.5, 0.6) is 0 Å². The fourth-order valence-corrected chi connectivity index (χ4v) is 3.16. The molecule has 0 heterocycles. The number of hydrogen-bond donors (Lipinski definition) is 2. The van der Waals surface area contributed by atoms with Crippen molar-refractivity contribution < 1.29 is 18.7 Å². The zero-order valence-corrected chi connectivity index (χ0v) is 13.2. The van der Waals surface area contributed by atoms with E-state index in [1.165, 1.54) is 12.1 Å². The molecule has 0 bridgehead atoms. The minimum atomic E-state index is -0.929. The molecule has 1 fully saturated rings. The van der Waals surface area contributed by atoms with Gasteiger partial charge in [0.05, 0.1) is 5.41 Å². The number of hydrogen-bond acceptors (Lipinski definition) is 2. The van der Waals surface area contributed by atoms with Gasteiger partial charge in [0.25, 0.3) is 0 Å². The normalized spacial score (nSPS) is 15.6. The minimum Gasteiger partial charge on any atom is -0.396 e. The highest BCUT2D eigenvalue weighted by molar-refractivity contribution is 6.00. The zero-order valence-electron chi connectivity index (χ0n) is 13.2.